The zero-order chi connectivity index (χ0) is 19.2. The van der Waals surface area contributed by atoms with E-state index in [2.05, 4.69) is 61.8 Å². The zero-order valence-electron chi connectivity index (χ0n) is 17.4. The molecule has 0 aromatic carbocycles. The lowest BCUT2D eigenvalue weighted by Crippen LogP contribution is -2.49. The van der Waals surface area contributed by atoms with Crippen LogP contribution < -0.4 is 0 Å². The van der Waals surface area contributed by atoms with Gasteiger partial charge in [0.25, 0.3) is 0 Å². The molecule has 0 aromatic rings. The fraction of sp³-hybridized carbons (Fsp3) is 0.682. The first-order chi connectivity index (χ1) is 13.1. The first-order valence-corrected chi connectivity index (χ1v) is 10.4. The summed E-state index contributed by atoms with van der Waals surface area (Å²) >= 11 is 0. The minimum atomic E-state index is 0.140. The number of allylic oxidation sites excluding steroid dienone is 4. The Balaban J connectivity index is 1.94. The number of aliphatic imine (C=N–C) groups is 1. The quantitative estimate of drug-likeness (QED) is 0.562. The number of amidine groups is 1. The van der Waals surface area contributed by atoms with Crippen molar-refractivity contribution < 1.29 is 9.47 Å². The molecular weight excluding hydrogens is 338 g/mol. The molecule has 0 N–H and O–H groups in total. The van der Waals surface area contributed by atoms with E-state index in [4.69, 9.17) is 14.5 Å². The molecule has 0 spiro atoms. The smallest absolute Gasteiger partial charge is 0.133 e. The molecule has 3 atom stereocenters. The average molecular weight is 374 g/mol. The van der Waals surface area contributed by atoms with Gasteiger partial charge in [0.1, 0.15) is 12.0 Å². The van der Waals surface area contributed by atoms with Gasteiger partial charge in [-0.15, -0.1) is 0 Å². The van der Waals surface area contributed by atoms with Crippen LogP contribution in [0.15, 0.2) is 40.4 Å². The van der Waals surface area contributed by atoms with Gasteiger partial charge in [-0.2, -0.15) is 0 Å². The lowest BCUT2D eigenvalue weighted by atomic mass is 9.96. The van der Waals surface area contributed by atoms with Crippen LogP contribution in [0, 0.1) is 5.92 Å². The van der Waals surface area contributed by atoms with Crippen LogP contribution in [0.5, 0.6) is 0 Å². The van der Waals surface area contributed by atoms with Gasteiger partial charge in [-0.25, -0.2) is 4.99 Å². The predicted octanol–water partition coefficient (Wildman–Crippen LogP) is 3.25. The van der Waals surface area contributed by atoms with Crippen LogP contribution in [0.25, 0.3) is 0 Å². The Hall–Kier alpha value is -1.43. The molecule has 0 bridgehead atoms. The SMILES string of the molecule is CC1=C\CC(C)/C=C/C=C\1C(=N\C(C)N1CCOCC1)/N1CCOC[C@@H]1C. The molecule has 150 valence electrons. The van der Waals surface area contributed by atoms with Crippen LogP contribution in [-0.4, -0.2) is 73.9 Å². The molecule has 0 amide bonds. The highest BCUT2D eigenvalue weighted by Crippen LogP contribution is 2.23. The summed E-state index contributed by atoms with van der Waals surface area (Å²) in [4.78, 5) is 10.1. The molecule has 0 radical (unpaired) electrons. The van der Waals surface area contributed by atoms with Crippen molar-refractivity contribution >= 4 is 5.84 Å². The number of hydrogen-bond acceptors (Lipinski definition) is 4. The molecule has 3 aliphatic rings. The topological polar surface area (TPSA) is 37.3 Å². The molecular formula is C22H35N3O2. The number of hydrogen-bond donors (Lipinski definition) is 0. The van der Waals surface area contributed by atoms with Crippen LogP contribution in [0.2, 0.25) is 0 Å². The highest BCUT2D eigenvalue weighted by Gasteiger charge is 2.27. The van der Waals surface area contributed by atoms with Gasteiger partial charge in [0.15, 0.2) is 0 Å². The van der Waals surface area contributed by atoms with E-state index < -0.39 is 0 Å². The van der Waals surface area contributed by atoms with E-state index >= 15 is 0 Å². The Morgan fingerprint density at radius 1 is 1.15 bits per heavy atom. The Kier molecular flexibility index (Phi) is 7.27. The molecule has 0 aromatic heterocycles. The Morgan fingerprint density at radius 2 is 1.89 bits per heavy atom. The van der Waals surface area contributed by atoms with E-state index in [1.54, 1.807) is 0 Å². The maximum atomic E-state index is 5.68. The largest absolute Gasteiger partial charge is 0.379 e. The molecule has 2 fully saturated rings. The fourth-order valence-corrected chi connectivity index (χ4v) is 3.82. The third-order valence-corrected chi connectivity index (χ3v) is 5.69. The molecule has 27 heavy (non-hydrogen) atoms. The molecule has 5 heteroatoms. The molecule has 0 saturated carbocycles. The van der Waals surface area contributed by atoms with Crippen LogP contribution in [0.1, 0.15) is 34.1 Å². The van der Waals surface area contributed by atoms with Crippen LogP contribution in [0.3, 0.4) is 0 Å². The molecule has 3 rings (SSSR count). The number of nitrogens with zero attached hydrogens (tertiary/aromatic N) is 3. The highest BCUT2D eigenvalue weighted by atomic mass is 16.5. The van der Waals surface area contributed by atoms with Crippen LogP contribution in [0.4, 0.5) is 0 Å². The maximum Gasteiger partial charge on any atom is 0.133 e. The first kappa shape index (κ1) is 20.3. The standard InChI is InChI=1S/C22H35N3O2/c1-17-6-5-7-21(18(2)9-8-17)22(25-12-15-27-16-19(25)3)23-20(4)24-10-13-26-14-11-24/h5-7,9,17,19-20H,8,10-16H2,1-4H3/b6-5+,18-9+,21-7+,23-22+/t17?,19-,20?/m0/s1. The molecule has 2 aliphatic heterocycles. The summed E-state index contributed by atoms with van der Waals surface area (Å²) < 4.78 is 11.2. The Labute approximate surface area is 164 Å². The van der Waals surface area contributed by atoms with Crippen LogP contribution in [-0.2, 0) is 9.47 Å². The number of morpholine rings is 2. The summed E-state index contributed by atoms with van der Waals surface area (Å²) in [5.74, 6) is 1.69. The van der Waals surface area contributed by atoms with Crippen molar-refractivity contribution in [2.24, 2.45) is 10.9 Å². The van der Waals surface area contributed by atoms with E-state index in [0.29, 0.717) is 12.0 Å². The van der Waals surface area contributed by atoms with Crippen molar-refractivity contribution in [2.45, 2.75) is 46.3 Å². The van der Waals surface area contributed by atoms with Crippen LogP contribution >= 0.6 is 0 Å². The van der Waals surface area contributed by atoms with Crippen molar-refractivity contribution in [3.8, 4) is 0 Å². The molecule has 2 saturated heterocycles. The minimum absolute atomic E-state index is 0.140. The second kappa shape index (κ2) is 9.67. The van der Waals surface area contributed by atoms with Crippen molar-refractivity contribution in [3.05, 3.63) is 35.5 Å². The maximum absolute atomic E-state index is 5.68. The van der Waals surface area contributed by atoms with Crippen molar-refractivity contribution in [1.29, 1.82) is 0 Å². The third kappa shape index (κ3) is 5.31. The van der Waals surface area contributed by atoms with Gasteiger partial charge in [-0.3, -0.25) is 4.90 Å². The van der Waals surface area contributed by atoms with E-state index in [-0.39, 0.29) is 6.17 Å². The monoisotopic (exact) mass is 373 g/mol. The van der Waals surface area contributed by atoms with E-state index in [1.807, 2.05) is 0 Å². The van der Waals surface area contributed by atoms with E-state index in [9.17, 15) is 0 Å². The molecule has 1 aliphatic carbocycles. The summed E-state index contributed by atoms with van der Waals surface area (Å²) in [5, 5.41) is 0. The van der Waals surface area contributed by atoms with Gasteiger partial charge < -0.3 is 14.4 Å². The summed E-state index contributed by atoms with van der Waals surface area (Å²) in [6.07, 6.45) is 10.3. The predicted molar refractivity (Wildman–Crippen MR) is 111 cm³/mol. The number of rotatable bonds is 3. The minimum Gasteiger partial charge on any atom is -0.379 e. The van der Waals surface area contributed by atoms with E-state index in [0.717, 1.165) is 58.3 Å². The lowest BCUT2D eigenvalue weighted by Gasteiger charge is -2.38. The third-order valence-electron chi connectivity index (χ3n) is 5.69. The summed E-state index contributed by atoms with van der Waals surface area (Å²) in [5.41, 5.74) is 2.56. The summed E-state index contributed by atoms with van der Waals surface area (Å²) in [6.45, 7) is 14.8. The van der Waals surface area contributed by atoms with Gasteiger partial charge in [0, 0.05) is 25.2 Å². The fourth-order valence-electron chi connectivity index (χ4n) is 3.82. The number of ether oxygens (including phenoxy) is 2. The van der Waals surface area contributed by atoms with E-state index in [1.165, 1.54) is 11.1 Å². The average Bonchev–Trinajstić information content (AvgIpc) is 2.68. The van der Waals surface area contributed by atoms with Gasteiger partial charge in [-0.05, 0) is 38.7 Å². The molecule has 2 heterocycles. The molecule has 2 unspecified atom stereocenters. The second-order valence-electron chi connectivity index (χ2n) is 7.92. The zero-order valence-corrected chi connectivity index (χ0v) is 17.4. The van der Waals surface area contributed by atoms with Crippen molar-refractivity contribution in [2.75, 3.05) is 46.1 Å². The normalized spacial score (nSPS) is 34.7. The Bertz CT molecular complexity index is 617. The van der Waals surface area contributed by atoms with Crippen molar-refractivity contribution in [3.63, 3.8) is 0 Å². The lowest BCUT2D eigenvalue weighted by molar-refractivity contribution is 0.0197. The van der Waals surface area contributed by atoms with Gasteiger partial charge in [0.05, 0.1) is 32.5 Å². The van der Waals surface area contributed by atoms with Crippen molar-refractivity contribution in [1.82, 2.24) is 9.80 Å². The van der Waals surface area contributed by atoms with Gasteiger partial charge in [-0.1, -0.05) is 31.2 Å². The second-order valence-corrected chi connectivity index (χ2v) is 7.92. The van der Waals surface area contributed by atoms with Gasteiger partial charge >= 0.3 is 0 Å². The first-order valence-electron chi connectivity index (χ1n) is 10.4. The molecule has 5 nitrogen and oxygen atoms in total. The Morgan fingerprint density at radius 3 is 2.63 bits per heavy atom. The van der Waals surface area contributed by atoms with Gasteiger partial charge in [0.2, 0.25) is 0 Å². The summed E-state index contributed by atoms with van der Waals surface area (Å²) in [6, 6.07) is 0.330. The summed E-state index contributed by atoms with van der Waals surface area (Å²) in [7, 11) is 0. The highest BCUT2D eigenvalue weighted by molar-refractivity contribution is 6.02.